The summed E-state index contributed by atoms with van der Waals surface area (Å²) < 4.78 is 9.90. The highest BCUT2D eigenvalue weighted by Crippen LogP contribution is 2.22. The Morgan fingerprint density at radius 1 is 1.10 bits per heavy atom. The molecule has 0 unspecified atom stereocenters. The molecule has 0 N–H and O–H groups in total. The SMILES string of the molecule is C=CCn1c(-c2ccc(OC)cc2)nn(CN2CCN(c3ccccn3)CC2)c1=S. The van der Waals surface area contributed by atoms with Crippen LogP contribution < -0.4 is 9.64 Å². The number of aromatic nitrogens is 4. The Balaban J connectivity index is 1.50. The molecular weight excluding hydrogens is 396 g/mol. The van der Waals surface area contributed by atoms with Crippen molar-refractivity contribution in [3.8, 4) is 17.1 Å². The summed E-state index contributed by atoms with van der Waals surface area (Å²) >= 11 is 5.74. The summed E-state index contributed by atoms with van der Waals surface area (Å²) in [6, 6.07) is 13.9. The van der Waals surface area contributed by atoms with E-state index in [-0.39, 0.29) is 0 Å². The van der Waals surface area contributed by atoms with Crippen molar-refractivity contribution in [3.05, 3.63) is 66.1 Å². The monoisotopic (exact) mass is 422 g/mol. The second kappa shape index (κ2) is 9.23. The molecule has 3 heterocycles. The van der Waals surface area contributed by atoms with E-state index < -0.39 is 0 Å². The van der Waals surface area contributed by atoms with Crippen LogP contribution in [0.5, 0.6) is 5.75 Å². The van der Waals surface area contributed by atoms with Crippen molar-refractivity contribution in [1.29, 1.82) is 0 Å². The number of anilines is 1. The number of piperazine rings is 1. The molecule has 7 nitrogen and oxygen atoms in total. The molecule has 0 radical (unpaired) electrons. The van der Waals surface area contributed by atoms with Gasteiger partial charge in [-0.05, 0) is 48.6 Å². The number of hydrogen-bond acceptors (Lipinski definition) is 6. The number of allylic oxidation sites excluding steroid dienone is 1. The summed E-state index contributed by atoms with van der Waals surface area (Å²) in [7, 11) is 1.66. The Morgan fingerprint density at radius 2 is 1.87 bits per heavy atom. The summed E-state index contributed by atoms with van der Waals surface area (Å²) in [5.74, 6) is 2.69. The lowest BCUT2D eigenvalue weighted by Crippen LogP contribution is -2.47. The second-order valence-electron chi connectivity index (χ2n) is 7.17. The van der Waals surface area contributed by atoms with Crippen LogP contribution in [0.4, 0.5) is 5.82 Å². The van der Waals surface area contributed by atoms with E-state index in [1.54, 1.807) is 7.11 Å². The average Bonchev–Trinajstić information content (AvgIpc) is 3.10. The van der Waals surface area contributed by atoms with Crippen LogP contribution in [-0.2, 0) is 13.2 Å². The highest BCUT2D eigenvalue weighted by atomic mass is 32.1. The molecule has 30 heavy (non-hydrogen) atoms. The maximum absolute atomic E-state index is 5.74. The van der Waals surface area contributed by atoms with Gasteiger partial charge in [-0.3, -0.25) is 9.47 Å². The molecular formula is C22H26N6OS. The molecule has 0 spiro atoms. The Morgan fingerprint density at radius 3 is 2.50 bits per heavy atom. The van der Waals surface area contributed by atoms with Gasteiger partial charge in [-0.15, -0.1) is 6.58 Å². The van der Waals surface area contributed by atoms with Crippen LogP contribution in [0.3, 0.4) is 0 Å². The fourth-order valence-electron chi connectivity index (χ4n) is 3.63. The number of ether oxygens (including phenoxy) is 1. The minimum atomic E-state index is 0.619. The fourth-order valence-corrected chi connectivity index (χ4v) is 3.89. The lowest BCUT2D eigenvalue weighted by Gasteiger charge is -2.35. The minimum Gasteiger partial charge on any atom is -0.497 e. The van der Waals surface area contributed by atoms with E-state index in [0.29, 0.717) is 18.0 Å². The molecule has 1 aliphatic rings. The van der Waals surface area contributed by atoms with Crippen LogP contribution in [0.15, 0.2) is 61.3 Å². The lowest BCUT2D eigenvalue weighted by atomic mass is 10.2. The van der Waals surface area contributed by atoms with Crippen molar-refractivity contribution in [2.75, 3.05) is 38.2 Å². The topological polar surface area (TPSA) is 51.4 Å². The third kappa shape index (κ3) is 4.29. The number of rotatable bonds is 7. The standard InChI is InChI=1S/C22H26N6OS/c1-3-12-27-21(18-7-9-19(29-2)10-8-18)24-28(22(27)30)17-25-13-15-26(16-14-25)20-6-4-5-11-23-20/h3-11H,1,12-17H2,2H3. The first-order valence-electron chi connectivity index (χ1n) is 10.0. The van der Waals surface area contributed by atoms with E-state index in [2.05, 4.69) is 27.4 Å². The third-order valence-corrected chi connectivity index (χ3v) is 5.69. The number of pyridine rings is 1. The second-order valence-corrected chi connectivity index (χ2v) is 7.53. The van der Waals surface area contributed by atoms with Gasteiger partial charge in [-0.1, -0.05) is 12.1 Å². The van der Waals surface area contributed by atoms with Gasteiger partial charge in [0.05, 0.1) is 13.8 Å². The van der Waals surface area contributed by atoms with Crippen LogP contribution in [0.25, 0.3) is 11.4 Å². The lowest BCUT2D eigenvalue weighted by molar-refractivity contribution is 0.194. The summed E-state index contributed by atoms with van der Waals surface area (Å²) in [6.07, 6.45) is 3.69. The molecule has 0 aliphatic carbocycles. The van der Waals surface area contributed by atoms with Crippen molar-refractivity contribution in [2.24, 2.45) is 0 Å². The largest absolute Gasteiger partial charge is 0.497 e. The highest BCUT2D eigenvalue weighted by molar-refractivity contribution is 7.71. The van der Waals surface area contributed by atoms with Crippen molar-refractivity contribution in [2.45, 2.75) is 13.2 Å². The average molecular weight is 423 g/mol. The molecule has 0 amide bonds. The van der Waals surface area contributed by atoms with Crippen LogP contribution in [0, 0.1) is 4.77 Å². The molecule has 1 fully saturated rings. The van der Waals surface area contributed by atoms with E-state index in [1.807, 2.05) is 57.9 Å². The molecule has 1 aromatic carbocycles. The van der Waals surface area contributed by atoms with Gasteiger partial charge in [0.2, 0.25) is 0 Å². The molecule has 3 aromatic rings. The van der Waals surface area contributed by atoms with Crippen molar-refractivity contribution in [1.82, 2.24) is 24.2 Å². The van der Waals surface area contributed by atoms with Crippen LogP contribution in [-0.4, -0.2) is 57.5 Å². The number of hydrogen-bond donors (Lipinski definition) is 0. The van der Waals surface area contributed by atoms with Gasteiger partial charge in [0.1, 0.15) is 11.6 Å². The van der Waals surface area contributed by atoms with Gasteiger partial charge in [0.25, 0.3) is 0 Å². The molecule has 4 rings (SSSR count). The van der Waals surface area contributed by atoms with Crippen molar-refractivity contribution in [3.63, 3.8) is 0 Å². The predicted molar refractivity (Wildman–Crippen MR) is 121 cm³/mol. The fraction of sp³-hybridized carbons (Fsp3) is 0.318. The van der Waals surface area contributed by atoms with E-state index >= 15 is 0 Å². The molecule has 0 bridgehead atoms. The zero-order chi connectivity index (χ0) is 20.9. The minimum absolute atomic E-state index is 0.619. The van der Waals surface area contributed by atoms with Gasteiger partial charge >= 0.3 is 0 Å². The number of nitrogens with zero attached hydrogens (tertiary/aromatic N) is 6. The smallest absolute Gasteiger partial charge is 0.199 e. The van der Waals surface area contributed by atoms with E-state index in [4.69, 9.17) is 22.1 Å². The molecule has 0 atom stereocenters. The zero-order valence-corrected chi connectivity index (χ0v) is 18.0. The first kappa shape index (κ1) is 20.3. The van der Waals surface area contributed by atoms with E-state index in [9.17, 15) is 0 Å². The molecule has 2 aromatic heterocycles. The highest BCUT2D eigenvalue weighted by Gasteiger charge is 2.20. The summed E-state index contributed by atoms with van der Waals surface area (Å²) in [4.78, 5) is 9.15. The zero-order valence-electron chi connectivity index (χ0n) is 17.1. The molecule has 8 heteroatoms. The first-order chi connectivity index (χ1) is 14.7. The van der Waals surface area contributed by atoms with E-state index in [0.717, 1.165) is 49.1 Å². The third-order valence-electron chi connectivity index (χ3n) is 5.26. The Labute approximate surface area is 181 Å². The summed E-state index contributed by atoms with van der Waals surface area (Å²) in [5.41, 5.74) is 1.00. The van der Waals surface area contributed by atoms with Crippen molar-refractivity contribution < 1.29 is 4.74 Å². The quantitative estimate of drug-likeness (QED) is 0.429. The van der Waals surface area contributed by atoms with E-state index in [1.165, 1.54) is 0 Å². The normalized spacial score (nSPS) is 14.6. The number of benzene rings is 1. The summed E-state index contributed by atoms with van der Waals surface area (Å²) in [5, 5.41) is 4.84. The molecule has 0 saturated carbocycles. The number of methoxy groups -OCH3 is 1. The van der Waals surface area contributed by atoms with Gasteiger partial charge in [-0.2, -0.15) is 5.10 Å². The van der Waals surface area contributed by atoms with Gasteiger partial charge < -0.3 is 9.64 Å². The molecule has 1 saturated heterocycles. The van der Waals surface area contributed by atoms with Crippen molar-refractivity contribution >= 4 is 18.0 Å². The van der Waals surface area contributed by atoms with Crippen LogP contribution >= 0.6 is 12.2 Å². The molecule has 156 valence electrons. The van der Waals surface area contributed by atoms with Crippen LogP contribution in [0.2, 0.25) is 0 Å². The Kier molecular flexibility index (Phi) is 6.25. The van der Waals surface area contributed by atoms with Gasteiger partial charge in [-0.25, -0.2) is 9.67 Å². The summed E-state index contributed by atoms with van der Waals surface area (Å²) in [6.45, 7) is 8.90. The molecule has 1 aliphatic heterocycles. The van der Waals surface area contributed by atoms with Gasteiger partial charge in [0.15, 0.2) is 10.6 Å². The Hall–Kier alpha value is -2.97. The predicted octanol–water partition coefficient (Wildman–Crippen LogP) is 3.45. The maximum Gasteiger partial charge on any atom is 0.199 e. The maximum atomic E-state index is 5.74. The van der Waals surface area contributed by atoms with Gasteiger partial charge in [0, 0.05) is 44.5 Å². The Bertz CT molecular complexity index is 1040. The van der Waals surface area contributed by atoms with Crippen LogP contribution in [0.1, 0.15) is 0 Å². The first-order valence-corrected chi connectivity index (χ1v) is 10.4.